The first-order chi connectivity index (χ1) is 12.5. The number of aryl methyl sites for hydroxylation is 1. The molecule has 0 saturated heterocycles. The summed E-state index contributed by atoms with van der Waals surface area (Å²) in [5, 5.41) is 4.91. The number of carbonyl (C=O) groups is 2. The molecule has 1 aliphatic rings. The summed E-state index contributed by atoms with van der Waals surface area (Å²) < 4.78 is 0. The van der Waals surface area contributed by atoms with E-state index in [-0.39, 0.29) is 11.6 Å². The van der Waals surface area contributed by atoms with Gasteiger partial charge in [-0.3, -0.25) is 14.6 Å². The molecule has 4 rings (SSSR count). The molecule has 6 nitrogen and oxygen atoms in total. The standard InChI is InChI=1S/C19H18N4O2S/c20-11-6-5-10-7-8-22-16(13(10)9-11)18(25)23-19-15(17(21)24)12-3-1-2-4-14(12)26-19/h5-9H,1-4,20H2,(H2,21,24)(H,23,25). The molecule has 0 saturated carbocycles. The molecule has 3 aromatic rings. The zero-order valence-electron chi connectivity index (χ0n) is 14.0. The molecule has 132 valence electrons. The van der Waals surface area contributed by atoms with Crippen molar-refractivity contribution in [3.8, 4) is 0 Å². The number of nitrogens with zero attached hydrogens (tertiary/aromatic N) is 1. The number of fused-ring (bicyclic) bond motifs is 2. The Morgan fingerprint density at radius 1 is 1.15 bits per heavy atom. The van der Waals surface area contributed by atoms with E-state index >= 15 is 0 Å². The van der Waals surface area contributed by atoms with Crippen LogP contribution in [0.5, 0.6) is 0 Å². The summed E-state index contributed by atoms with van der Waals surface area (Å²) in [6.45, 7) is 0. The van der Waals surface area contributed by atoms with Gasteiger partial charge in [-0.25, -0.2) is 0 Å². The third-order valence-electron chi connectivity index (χ3n) is 4.65. The van der Waals surface area contributed by atoms with Crippen molar-refractivity contribution in [2.75, 3.05) is 11.1 Å². The maximum atomic E-state index is 12.9. The highest BCUT2D eigenvalue weighted by Gasteiger charge is 2.25. The minimum Gasteiger partial charge on any atom is -0.399 e. The molecule has 0 atom stereocenters. The van der Waals surface area contributed by atoms with Crippen LogP contribution in [0.1, 0.15) is 44.1 Å². The van der Waals surface area contributed by atoms with E-state index in [9.17, 15) is 9.59 Å². The van der Waals surface area contributed by atoms with E-state index in [2.05, 4.69) is 10.3 Å². The molecular weight excluding hydrogens is 348 g/mol. The normalized spacial score (nSPS) is 13.4. The van der Waals surface area contributed by atoms with Crippen LogP contribution in [-0.2, 0) is 12.8 Å². The maximum absolute atomic E-state index is 12.9. The molecule has 0 spiro atoms. The van der Waals surface area contributed by atoms with Gasteiger partial charge in [0.2, 0.25) is 0 Å². The van der Waals surface area contributed by atoms with E-state index < -0.39 is 5.91 Å². The second-order valence-corrected chi connectivity index (χ2v) is 7.48. The Kier molecular flexibility index (Phi) is 4.08. The van der Waals surface area contributed by atoms with Crippen molar-refractivity contribution in [3.05, 3.63) is 52.2 Å². The number of aromatic nitrogens is 1. The second kappa shape index (κ2) is 6.42. The van der Waals surface area contributed by atoms with Gasteiger partial charge in [0.15, 0.2) is 0 Å². The number of thiophene rings is 1. The molecule has 0 fully saturated rings. The molecule has 2 aromatic heterocycles. The highest BCUT2D eigenvalue weighted by molar-refractivity contribution is 7.17. The van der Waals surface area contributed by atoms with Gasteiger partial charge in [-0.15, -0.1) is 11.3 Å². The molecule has 2 heterocycles. The van der Waals surface area contributed by atoms with Crippen LogP contribution in [0.25, 0.3) is 10.8 Å². The summed E-state index contributed by atoms with van der Waals surface area (Å²) in [4.78, 5) is 30.2. The first kappa shape index (κ1) is 16.5. The monoisotopic (exact) mass is 366 g/mol. The SMILES string of the molecule is NC(=O)c1c(NC(=O)c2nccc3ccc(N)cc23)sc2c1CCCC2. The number of amides is 2. The Labute approximate surface area is 154 Å². The molecule has 2 amide bonds. The highest BCUT2D eigenvalue weighted by atomic mass is 32.1. The van der Waals surface area contributed by atoms with Gasteiger partial charge < -0.3 is 16.8 Å². The lowest BCUT2D eigenvalue weighted by Crippen LogP contribution is -2.19. The lowest BCUT2D eigenvalue weighted by molar-refractivity contribution is 0.100. The average Bonchev–Trinajstić information content (AvgIpc) is 2.99. The summed E-state index contributed by atoms with van der Waals surface area (Å²) >= 11 is 1.44. The van der Waals surface area contributed by atoms with Gasteiger partial charge in [-0.2, -0.15) is 0 Å². The molecule has 7 heteroatoms. The second-order valence-electron chi connectivity index (χ2n) is 6.37. The number of carbonyl (C=O) groups excluding carboxylic acids is 2. The molecule has 0 radical (unpaired) electrons. The smallest absolute Gasteiger partial charge is 0.275 e. The lowest BCUT2D eigenvalue weighted by atomic mass is 9.95. The fourth-order valence-electron chi connectivity index (χ4n) is 3.44. The first-order valence-electron chi connectivity index (χ1n) is 8.44. The quantitative estimate of drug-likeness (QED) is 0.618. The van der Waals surface area contributed by atoms with Crippen LogP contribution in [0.15, 0.2) is 30.5 Å². The Morgan fingerprint density at radius 2 is 1.96 bits per heavy atom. The molecule has 0 bridgehead atoms. The molecule has 5 N–H and O–H groups in total. The van der Waals surface area contributed by atoms with E-state index in [4.69, 9.17) is 11.5 Å². The summed E-state index contributed by atoms with van der Waals surface area (Å²) in [6.07, 6.45) is 5.44. The van der Waals surface area contributed by atoms with Gasteiger partial charge in [0.1, 0.15) is 10.7 Å². The number of nitrogens with one attached hydrogen (secondary N) is 1. The van der Waals surface area contributed by atoms with Crippen LogP contribution in [0.2, 0.25) is 0 Å². The van der Waals surface area contributed by atoms with Crippen LogP contribution in [0.3, 0.4) is 0 Å². The largest absolute Gasteiger partial charge is 0.399 e. The average molecular weight is 366 g/mol. The Hall–Kier alpha value is -2.93. The third-order valence-corrected chi connectivity index (χ3v) is 5.86. The van der Waals surface area contributed by atoms with Gasteiger partial charge >= 0.3 is 0 Å². The number of primary amides is 1. The summed E-state index contributed by atoms with van der Waals surface area (Å²) in [5.41, 5.74) is 13.7. The number of benzene rings is 1. The lowest BCUT2D eigenvalue weighted by Gasteiger charge is -2.11. The maximum Gasteiger partial charge on any atom is 0.275 e. The summed E-state index contributed by atoms with van der Waals surface area (Å²) in [6, 6.07) is 7.18. The minimum atomic E-state index is -0.505. The van der Waals surface area contributed by atoms with Crippen molar-refractivity contribution < 1.29 is 9.59 Å². The fraction of sp³-hybridized carbons (Fsp3) is 0.211. The Balaban J connectivity index is 1.75. The van der Waals surface area contributed by atoms with Gasteiger partial charge in [0, 0.05) is 22.1 Å². The van der Waals surface area contributed by atoms with Gasteiger partial charge in [-0.05, 0) is 54.8 Å². The van der Waals surface area contributed by atoms with Crippen LogP contribution >= 0.6 is 11.3 Å². The zero-order valence-corrected chi connectivity index (χ0v) is 14.9. The number of nitrogen functional groups attached to an aromatic ring is 1. The summed E-state index contributed by atoms with van der Waals surface area (Å²) in [7, 11) is 0. The number of anilines is 2. The molecule has 26 heavy (non-hydrogen) atoms. The predicted octanol–water partition coefficient (Wildman–Crippen LogP) is 3.11. The number of hydrogen-bond acceptors (Lipinski definition) is 5. The van der Waals surface area contributed by atoms with E-state index in [0.717, 1.165) is 41.5 Å². The first-order valence-corrected chi connectivity index (χ1v) is 9.26. The van der Waals surface area contributed by atoms with Crippen LogP contribution in [0, 0.1) is 0 Å². The summed E-state index contributed by atoms with van der Waals surface area (Å²) in [5.74, 6) is -0.878. The number of nitrogens with two attached hydrogens (primary N) is 2. The number of hydrogen-bond donors (Lipinski definition) is 3. The number of rotatable bonds is 3. The Morgan fingerprint density at radius 3 is 2.77 bits per heavy atom. The molecule has 1 aliphatic carbocycles. The molecule has 0 unspecified atom stereocenters. The van der Waals surface area contributed by atoms with Crippen molar-refractivity contribution in [1.82, 2.24) is 4.98 Å². The zero-order chi connectivity index (χ0) is 18.3. The molecule has 1 aromatic carbocycles. The van der Waals surface area contributed by atoms with Crippen molar-refractivity contribution in [2.45, 2.75) is 25.7 Å². The molecular formula is C19H18N4O2S. The number of pyridine rings is 1. The van der Waals surface area contributed by atoms with Crippen LogP contribution < -0.4 is 16.8 Å². The van der Waals surface area contributed by atoms with Crippen molar-refractivity contribution >= 4 is 44.6 Å². The Bertz CT molecular complexity index is 1040. The van der Waals surface area contributed by atoms with Crippen LogP contribution in [0.4, 0.5) is 10.7 Å². The van der Waals surface area contributed by atoms with Crippen LogP contribution in [-0.4, -0.2) is 16.8 Å². The third kappa shape index (κ3) is 2.80. The van der Waals surface area contributed by atoms with E-state index in [1.165, 1.54) is 11.3 Å². The predicted molar refractivity (Wildman–Crippen MR) is 104 cm³/mol. The van der Waals surface area contributed by atoms with Crippen molar-refractivity contribution in [1.29, 1.82) is 0 Å². The highest BCUT2D eigenvalue weighted by Crippen LogP contribution is 2.38. The van der Waals surface area contributed by atoms with Crippen molar-refractivity contribution in [3.63, 3.8) is 0 Å². The van der Waals surface area contributed by atoms with Crippen molar-refractivity contribution in [2.24, 2.45) is 5.73 Å². The van der Waals surface area contributed by atoms with Gasteiger partial charge in [-0.1, -0.05) is 6.07 Å². The fourth-order valence-corrected chi connectivity index (χ4v) is 4.73. The van der Waals surface area contributed by atoms with E-state index in [1.807, 2.05) is 12.1 Å². The minimum absolute atomic E-state index is 0.275. The van der Waals surface area contributed by atoms with E-state index in [1.54, 1.807) is 18.3 Å². The van der Waals surface area contributed by atoms with Gasteiger partial charge in [0.25, 0.3) is 11.8 Å². The van der Waals surface area contributed by atoms with Gasteiger partial charge in [0.05, 0.1) is 5.56 Å². The van der Waals surface area contributed by atoms with E-state index in [0.29, 0.717) is 21.6 Å². The molecule has 0 aliphatic heterocycles. The topological polar surface area (TPSA) is 111 Å².